The molecule has 1 heterocycles. The van der Waals surface area contributed by atoms with E-state index in [1.165, 1.54) is 5.56 Å². The molecule has 3 rings (SSSR count). The fourth-order valence-corrected chi connectivity index (χ4v) is 3.41. The van der Waals surface area contributed by atoms with Gasteiger partial charge in [0.2, 0.25) is 0 Å². The second kappa shape index (κ2) is 9.67. The van der Waals surface area contributed by atoms with Crippen molar-refractivity contribution in [2.24, 2.45) is 0 Å². The van der Waals surface area contributed by atoms with Crippen molar-refractivity contribution in [3.05, 3.63) is 53.6 Å². The van der Waals surface area contributed by atoms with E-state index in [2.05, 4.69) is 28.4 Å². The Morgan fingerprint density at radius 3 is 2.50 bits per heavy atom. The zero-order valence-corrected chi connectivity index (χ0v) is 16.3. The van der Waals surface area contributed by atoms with Crippen LogP contribution in [-0.2, 0) is 6.54 Å². The quantitative estimate of drug-likeness (QED) is 0.835. The number of benzene rings is 2. The summed E-state index contributed by atoms with van der Waals surface area (Å²) >= 11 is 0. The Labute approximate surface area is 161 Å². The van der Waals surface area contributed by atoms with E-state index in [0.717, 1.165) is 49.0 Å². The van der Waals surface area contributed by atoms with Gasteiger partial charge >= 0.3 is 0 Å². The number of rotatable bonds is 6. The predicted octanol–water partition coefficient (Wildman–Crippen LogP) is 3.28. The number of halogens is 1. The minimum Gasteiger partial charge on any atom is -0.497 e. The zero-order valence-electron chi connectivity index (χ0n) is 15.5. The third-order valence-electron chi connectivity index (χ3n) is 4.71. The van der Waals surface area contributed by atoms with Crippen molar-refractivity contribution in [3.63, 3.8) is 0 Å². The van der Waals surface area contributed by atoms with Crippen LogP contribution in [0.15, 0.2) is 42.5 Å². The predicted molar refractivity (Wildman–Crippen MR) is 106 cm³/mol. The second-order valence-electron chi connectivity index (χ2n) is 6.11. The number of piperazine rings is 1. The number of methoxy groups -OCH3 is 3. The first-order valence-electron chi connectivity index (χ1n) is 8.55. The molecule has 2 aromatic carbocycles. The van der Waals surface area contributed by atoms with Gasteiger partial charge in [0.15, 0.2) is 0 Å². The molecule has 1 saturated heterocycles. The summed E-state index contributed by atoms with van der Waals surface area (Å²) < 4.78 is 16.5. The van der Waals surface area contributed by atoms with Crippen molar-refractivity contribution in [3.8, 4) is 17.2 Å². The minimum absolute atomic E-state index is 0. The van der Waals surface area contributed by atoms with Crippen LogP contribution in [0.4, 0.5) is 0 Å². The summed E-state index contributed by atoms with van der Waals surface area (Å²) in [7, 11) is 5.12. The fourth-order valence-electron chi connectivity index (χ4n) is 3.41. The maximum Gasteiger partial charge on any atom is 0.123 e. The summed E-state index contributed by atoms with van der Waals surface area (Å²) in [6, 6.07) is 14.4. The van der Waals surface area contributed by atoms with Crippen LogP contribution in [0.5, 0.6) is 17.2 Å². The van der Waals surface area contributed by atoms with Gasteiger partial charge in [0.25, 0.3) is 0 Å². The molecule has 5 nitrogen and oxygen atoms in total. The van der Waals surface area contributed by atoms with Crippen molar-refractivity contribution in [1.29, 1.82) is 0 Å². The highest BCUT2D eigenvalue weighted by atomic mass is 35.5. The Morgan fingerprint density at radius 1 is 1.00 bits per heavy atom. The summed E-state index contributed by atoms with van der Waals surface area (Å²) in [5, 5.41) is 3.50. The van der Waals surface area contributed by atoms with Crippen LogP contribution < -0.4 is 19.5 Å². The molecule has 0 radical (unpaired) electrons. The smallest absolute Gasteiger partial charge is 0.123 e. The maximum atomic E-state index is 5.58. The standard InChI is InChI=1S/C20H26N2O3.ClH/c1-23-16-8-9-19(24-2)15(12-16)14-22-11-10-21-13-18(22)17-6-4-5-7-20(17)25-3;/h4-9,12,18,21H,10-11,13-14H2,1-3H3;1H. The number of ether oxygens (including phenoxy) is 3. The molecule has 1 aliphatic heterocycles. The zero-order chi connectivity index (χ0) is 17.6. The third-order valence-corrected chi connectivity index (χ3v) is 4.71. The van der Waals surface area contributed by atoms with Crippen molar-refractivity contribution in [1.82, 2.24) is 10.2 Å². The first-order chi connectivity index (χ1) is 12.3. The van der Waals surface area contributed by atoms with Gasteiger partial charge in [-0.05, 0) is 24.3 Å². The molecule has 142 valence electrons. The number of nitrogens with one attached hydrogen (secondary N) is 1. The summed E-state index contributed by atoms with van der Waals surface area (Å²) in [6.07, 6.45) is 0. The van der Waals surface area contributed by atoms with Crippen LogP contribution in [0.2, 0.25) is 0 Å². The van der Waals surface area contributed by atoms with E-state index < -0.39 is 0 Å². The van der Waals surface area contributed by atoms with Crippen LogP contribution in [0.3, 0.4) is 0 Å². The lowest BCUT2D eigenvalue weighted by atomic mass is 10.0. The highest BCUT2D eigenvalue weighted by molar-refractivity contribution is 5.85. The van der Waals surface area contributed by atoms with Gasteiger partial charge in [-0.25, -0.2) is 0 Å². The molecule has 2 aromatic rings. The Bertz CT molecular complexity index is 711. The SMILES string of the molecule is COc1ccc(OC)c(CN2CCNCC2c2ccccc2OC)c1.Cl. The molecule has 1 aliphatic rings. The molecule has 0 spiro atoms. The highest BCUT2D eigenvalue weighted by Gasteiger charge is 2.27. The van der Waals surface area contributed by atoms with Gasteiger partial charge < -0.3 is 19.5 Å². The Morgan fingerprint density at radius 2 is 1.77 bits per heavy atom. The monoisotopic (exact) mass is 378 g/mol. The van der Waals surface area contributed by atoms with E-state index in [1.54, 1.807) is 21.3 Å². The van der Waals surface area contributed by atoms with Gasteiger partial charge in [-0.2, -0.15) is 0 Å². The van der Waals surface area contributed by atoms with Crippen molar-refractivity contribution in [2.45, 2.75) is 12.6 Å². The van der Waals surface area contributed by atoms with E-state index in [1.807, 2.05) is 24.3 Å². The van der Waals surface area contributed by atoms with Gasteiger partial charge in [0.1, 0.15) is 17.2 Å². The normalized spacial score (nSPS) is 17.3. The van der Waals surface area contributed by atoms with Gasteiger partial charge in [0.05, 0.1) is 27.4 Å². The van der Waals surface area contributed by atoms with Gasteiger partial charge in [-0.3, -0.25) is 4.90 Å². The molecular formula is C20H27ClN2O3. The first kappa shape index (κ1) is 20.4. The molecule has 1 fully saturated rings. The fraction of sp³-hybridized carbons (Fsp3) is 0.400. The molecule has 0 aromatic heterocycles. The average Bonchev–Trinajstić information content (AvgIpc) is 2.68. The molecule has 6 heteroatoms. The molecule has 26 heavy (non-hydrogen) atoms. The van der Waals surface area contributed by atoms with E-state index in [9.17, 15) is 0 Å². The average molecular weight is 379 g/mol. The van der Waals surface area contributed by atoms with E-state index >= 15 is 0 Å². The van der Waals surface area contributed by atoms with Gasteiger partial charge in [-0.1, -0.05) is 18.2 Å². The maximum absolute atomic E-state index is 5.58. The molecule has 0 bridgehead atoms. The molecule has 0 aliphatic carbocycles. The van der Waals surface area contributed by atoms with Gasteiger partial charge in [0, 0.05) is 37.3 Å². The van der Waals surface area contributed by atoms with Crippen LogP contribution in [-0.4, -0.2) is 45.9 Å². The topological polar surface area (TPSA) is 43.0 Å². The molecule has 0 amide bonds. The largest absolute Gasteiger partial charge is 0.497 e. The van der Waals surface area contributed by atoms with E-state index in [0.29, 0.717) is 0 Å². The number of nitrogens with zero attached hydrogens (tertiary/aromatic N) is 1. The molecule has 1 unspecified atom stereocenters. The summed E-state index contributed by atoms with van der Waals surface area (Å²) in [5.74, 6) is 2.66. The highest BCUT2D eigenvalue weighted by Crippen LogP contribution is 2.33. The first-order valence-corrected chi connectivity index (χ1v) is 8.55. The van der Waals surface area contributed by atoms with Crippen LogP contribution in [0, 0.1) is 0 Å². The van der Waals surface area contributed by atoms with Gasteiger partial charge in [-0.15, -0.1) is 12.4 Å². The number of hydrogen-bond donors (Lipinski definition) is 1. The van der Waals surface area contributed by atoms with Crippen molar-refractivity contribution in [2.75, 3.05) is 41.0 Å². The van der Waals surface area contributed by atoms with Crippen LogP contribution in [0.1, 0.15) is 17.2 Å². The lowest BCUT2D eigenvalue weighted by molar-refractivity contribution is 0.149. The van der Waals surface area contributed by atoms with Crippen molar-refractivity contribution >= 4 is 12.4 Å². The summed E-state index contributed by atoms with van der Waals surface area (Å²) in [5.41, 5.74) is 2.34. The Balaban J connectivity index is 0.00000243. The molecule has 1 N–H and O–H groups in total. The lowest BCUT2D eigenvalue weighted by Crippen LogP contribution is -2.45. The Hall–Kier alpha value is -1.95. The number of hydrogen-bond acceptors (Lipinski definition) is 5. The summed E-state index contributed by atoms with van der Waals surface area (Å²) in [6.45, 7) is 3.62. The molecule has 0 saturated carbocycles. The third kappa shape index (κ3) is 4.41. The molecule has 1 atom stereocenters. The summed E-state index contributed by atoms with van der Waals surface area (Å²) in [4.78, 5) is 2.46. The lowest BCUT2D eigenvalue weighted by Gasteiger charge is -2.37. The molecular weight excluding hydrogens is 352 g/mol. The van der Waals surface area contributed by atoms with Crippen LogP contribution in [0.25, 0.3) is 0 Å². The van der Waals surface area contributed by atoms with Crippen molar-refractivity contribution < 1.29 is 14.2 Å². The second-order valence-corrected chi connectivity index (χ2v) is 6.11. The minimum atomic E-state index is 0. The van der Waals surface area contributed by atoms with E-state index in [4.69, 9.17) is 14.2 Å². The van der Waals surface area contributed by atoms with Crippen LogP contribution >= 0.6 is 12.4 Å². The Kier molecular flexibility index (Phi) is 7.57. The number of para-hydroxylation sites is 1. The van der Waals surface area contributed by atoms with E-state index in [-0.39, 0.29) is 18.4 Å².